The minimum atomic E-state index is -0.487. The van der Waals surface area contributed by atoms with E-state index >= 15 is 0 Å². The monoisotopic (exact) mass is 447 g/mol. The van der Waals surface area contributed by atoms with Crippen molar-refractivity contribution in [2.45, 2.75) is 18.8 Å². The Kier molecular flexibility index (Phi) is 6.26. The highest BCUT2D eigenvalue weighted by Crippen LogP contribution is 2.34. The maximum Gasteiger partial charge on any atom is 0.256 e. The van der Waals surface area contributed by atoms with Gasteiger partial charge < -0.3 is 14.5 Å². The van der Waals surface area contributed by atoms with E-state index < -0.39 is 5.82 Å². The average Bonchev–Trinajstić information content (AvgIpc) is 2.89. The van der Waals surface area contributed by atoms with Crippen molar-refractivity contribution in [3.05, 3.63) is 72.1 Å². The second-order valence-electron chi connectivity index (χ2n) is 8.37. The number of ether oxygens (including phenoxy) is 1. The van der Waals surface area contributed by atoms with Crippen LogP contribution in [0, 0.1) is 5.82 Å². The molecule has 0 unspecified atom stereocenters. The van der Waals surface area contributed by atoms with Gasteiger partial charge in [-0.1, -0.05) is 12.1 Å². The number of rotatable bonds is 4. The molecule has 2 fully saturated rings. The van der Waals surface area contributed by atoms with Gasteiger partial charge in [0.05, 0.1) is 24.5 Å². The van der Waals surface area contributed by atoms with Crippen LogP contribution in [0.25, 0.3) is 11.1 Å². The fourth-order valence-corrected chi connectivity index (χ4v) is 4.56. The summed E-state index contributed by atoms with van der Waals surface area (Å²) >= 11 is 0. The maximum atomic E-state index is 14.3. The molecule has 1 aromatic carbocycles. The van der Waals surface area contributed by atoms with Crippen LogP contribution in [-0.4, -0.2) is 65.2 Å². The molecule has 0 spiro atoms. The molecular formula is C25H26FN5O2. The molecule has 8 heteroatoms. The highest BCUT2D eigenvalue weighted by atomic mass is 19.1. The molecule has 2 aliphatic rings. The number of aromatic nitrogens is 3. The predicted octanol–water partition coefficient (Wildman–Crippen LogP) is 3.53. The largest absolute Gasteiger partial charge is 0.378 e. The fourth-order valence-electron chi connectivity index (χ4n) is 4.56. The minimum Gasteiger partial charge on any atom is -0.378 e. The zero-order valence-corrected chi connectivity index (χ0v) is 18.4. The lowest BCUT2D eigenvalue weighted by Crippen LogP contribution is -2.40. The van der Waals surface area contributed by atoms with Gasteiger partial charge in [-0.05, 0) is 42.7 Å². The van der Waals surface area contributed by atoms with Crippen molar-refractivity contribution in [1.82, 2.24) is 19.9 Å². The molecule has 170 valence electrons. The van der Waals surface area contributed by atoms with E-state index in [1.54, 1.807) is 35.5 Å². The summed E-state index contributed by atoms with van der Waals surface area (Å²) in [4.78, 5) is 30.8. The molecule has 1 atom stereocenters. The number of morpholine rings is 1. The number of hydrogen-bond donors (Lipinski definition) is 0. The van der Waals surface area contributed by atoms with Gasteiger partial charge in [-0.15, -0.1) is 0 Å². The van der Waals surface area contributed by atoms with Crippen molar-refractivity contribution in [1.29, 1.82) is 0 Å². The minimum absolute atomic E-state index is 0.0282. The average molecular weight is 448 g/mol. The van der Waals surface area contributed by atoms with Crippen molar-refractivity contribution < 1.29 is 13.9 Å². The Morgan fingerprint density at radius 1 is 1.06 bits per heavy atom. The van der Waals surface area contributed by atoms with Crippen LogP contribution in [0.5, 0.6) is 0 Å². The predicted molar refractivity (Wildman–Crippen MR) is 123 cm³/mol. The SMILES string of the molecule is O=C(c1ccccc1F)N1CCC[C@H](c2nc(N3CCOCC3)ncc2-c2ccncc2)C1. The summed E-state index contributed by atoms with van der Waals surface area (Å²) in [5, 5.41) is 0. The Morgan fingerprint density at radius 3 is 2.64 bits per heavy atom. The van der Waals surface area contributed by atoms with Crippen molar-refractivity contribution >= 4 is 11.9 Å². The third kappa shape index (κ3) is 4.57. The molecular weight excluding hydrogens is 421 g/mol. The Morgan fingerprint density at radius 2 is 1.85 bits per heavy atom. The number of pyridine rings is 1. The molecule has 0 saturated carbocycles. The van der Waals surface area contributed by atoms with Crippen LogP contribution in [0.15, 0.2) is 55.0 Å². The van der Waals surface area contributed by atoms with E-state index in [4.69, 9.17) is 9.72 Å². The molecule has 1 amide bonds. The number of halogens is 1. The Bertz CT molecular complexity index is 1120. The number of nitrogens with zero attached hydrogens (tertiary/aromatic N) is 5. The molecule has 2 aliphatic heterocycles. The topological polar surface area (TPSA) is 71.5 Å². The molecule has 4 heterocycles. The van der Waals surface area contributed by atoms with Gasteiger partial charge in [0.1, 0.15) is 5.82 Å². The second kappa shape index (κ2) is 9.62. The molecule has 0 aliphatic carbocycles. The highest BCUT2D eigenvalue weighted by Gasteiger charge is 2.30. The first-order valence-corrected chi connectivity index (χ1v) is 11.3. The first-order valence-electron chi connectivity index (χ1n) is 11.3. The molecule has 5 rings (SSSR count). The van der Waals surface area contributed by atoms with Gasteiger partial charge in [0.15, 0.2) is 0 Å². The Hall–Kier alpha value is -3.39. The number of likely N-dealkylation sites (tertiary alicyclic amines) is 1. The number of benzene rings is 1. The van der Waals surface area contributed by atoms with Crippen molar-refractivity contribution in [3.8, 4) is 11.1 Å². The Labute approximate surface area is 192 Å². The van der Waals surface area contributed by atoms with Gasteiger partial charge in [-0.3, -0.25) is 9.78 Å². The third-order valence-corrected chi connectivity index (χ3v) is 6.29. The molecule has 33 heavy (non-hydrogen) atoms. The molecule has 0 N–H and O–H groups in total. The summed E-state index contributed by atoms with van der Waals surface area (Å²) in [6.45, 7) is 3.89. The van der Waals surface area contributed by atoms with E-state index in [-0.39, 0.29) is 17.4 Å². The van der Waals surface area contributed by atoms with Gasteiger partial charge in [-0.2, -0.15) is 0 Å². The number of anilines is 1. The summed E-state index contributed by atoms with van der Waals surface area (Å²) in [5.41, 5.74) is 2.97. The van der Waals surface area contributed by atoms with Gasteiger partial charge in [-0.25, -0.2) is 14.4 Å². The first-order chi connectivity index (χ1) is 16.2. The third-order valence-electron chi connectivity index (χ3n) is 6.29. The van der Waals surface area contributed by atoms with Crippen LogP contribution in [0.4, 0.5) is 10.3 Å². The number of carbonyl (C=O) groups is 1. The Balaban J connectivity index is 1.48. The van der Waals surface area contributed by atoms with Gasteiger partial charge in [0, 0.05) is 56.3 Å². The molecule has 2 aromatic heterocycles. The number of amides is 1. The lowest BCUT2D eigenvalue weighted by atomic mass is 9.90. The summed E-state index contributed by atoms with van der Waals surface area (Å²) in [6, 6.07) is 10.1. The van der Waals surface area contributed by atoms with Crippen molar-refractivity contribution in [2.75, 3.05) is 44.3 Å². The summed E-state index contributed by atoms with van der Waals surface area (Å²) in [6.07, 6.45) is 7.12. The summed E-state index contributed by atoms with van der Waals surface area (Å²) in [5.74, 6) is -0.0476. The molecule has 2 saturated heterocycles. The molecule has 7 nitrogen and oxygen atoms in total. The van der Waals surface area contributed by atoms with E-state index in [2.05, 4.69) is 14.9 Å². The van der Waals surface area contributed by atoms with E-state index in [9.17, 15) is 9.18 Å². The van der Waals surface area contributed by atoms with Crippen LogP contribution >= 0.6 is 0 Å². The normalized spacial score (nSPS) is 18.9. The smallest absolute Gasteiger partial charge is 0.256 e. The van der Waals surface area contributed by atoms with Gasteiger partial charge in [0.25, 0.3) is 5.91 Å². The van der Waals surface area contributed by atoms with E-state index in [1.165, 1.54) is 6.07 Å². The lowest BCUT2D eigenvalue weighted by Gasteiger charge is -2.34. The van der Waals surface area contributed by atoms with Crippen molar-refractivity contribution in [3.63, 3.8) is 0 Å². The van der Waals surface area contributed by atoms with Gasteiger partial charge in [0.2, 0.25) is 5.95 Å². The van der Waals surface area contributed by atoms with E-state index in [0.29, 0.717) is 32.3 Å². The fraction of sp³-hybridized carbons (Fsp3) is 0.360. The van der Waals surface area contributed by atoms with Crippen LogP contribution in [0.1, 0.15) is 34.8 Å². The highest BCUT2D eigenvalue weighted by molar-refractivity contribution is 5.94. The zero-order valence-electron chi connectivity index (χ0n) is 18.4. The zero-order chi connectivity index (χ0) is 22.6. The van der Waals surface area contributed by atoms with E-state index in [0.717, 1.165) is 42.8 Å². The quantitative estimate of drug-likeness (QED) is 0.609. The molecule has 3 aromatic rings. The van der Waals surface area contributed by atoms with Gasteiger partial charge >= 0.3 is 0 Å². The van der Waals surface area contributed by atoms with Crippen LogP contribution in [0.3, 0.4) is 0 Å². The summed E-state index contributed by atoms with van der Waals surface area (Å²) < 4.78 is 19.7. The first kappa shape index (κ1) is 21.5. The van der Waals surface area contributed by atoms with Crippen LogP contribution in [0.2, 0.25) is 0 Å². The van der Waals surface area contributed by atoms with Crippen molar-refractivity contribution in [2.24, 2.45) is 0 Å². The number of carbonyl (C=O) groups excluding carboxylic acids is 1. The second-order valence-corrected chi connectivity index (χ2v) is 8.37. The number of hydrogen-bond acceptors (Lipinski definition) is 6. The molecule has 0 radical (unpaired) electrons. The summed E-state index contributed by atoms with van der Waals surface area (Å²) in [7, 11) is 0. The lowest BCUT2D eigenvalue weighted by molar-refractivity contribution is 0.0701. The number of piperidine rings is 1. The standard InChI is InChI=1S/C25H26FN5O2/c26-22-6-2-1-5-20(22)24(32)31-11-3-4-19(17-31)23-21(18-7-9-27-10-8-18)16-28-25(29-23)30-12-14-33-15-13-30/h1-2,5-10,16,19H,3-4,11-15,17H2/t19-/m0/s1. The van der Waals surface area contributed by atoms with Crippen LogP contribution < -0.4 is 4.90 Å². The maximum absolute atomic E-state index is 14.3. The van der Waals surface area contributed by atoms with E-state index in [1.807, 2.05) is 18.3 Å². The van der Waals surface area contributed by atoms with Crippen LogP contribution in [-0.2, 0) is 4.74 Å². The molecule has 0 bridgehead atoms.